The van der Waals surface area contributed by atoms with Crippen LogP contribution in [0.2, 0.25) is 0 Å². The first-order chi connectivity index (χ1) is 6.43. The van der Waals surface area contributed by atoms with Crippen LogP contribution in [-0.4, -0.2) is 13.1 Å². The van der Waals surface area contributed by atoms with Gasteiger partial charge in [0.05, 0.1) is 6.61 Å². The van der Waals surface area contributed by atoms with E-state index < -0.39 is 0 Å². The number of carbonyl (C=O) groups is 1. The summed E-state index contributed by atoms with van der Waals surface area (Å²) in [6.45, 7) is 1.16. The summed E-state index contributed by atoms with van der Waals surface area (Å²) >= 11 is 0. The molecule has 0 aromatic heterocycles. The summed E-state index contributed by atoms with van der Waals surface area (Å²) in [5, 5.41) is 0. The predicted octanol–water partition coefficient (Wildman–Crippen LogP) is 2.91. The maximum Gasteiger partial charge on any atom is 0.293 e. The maximum atomic E-state index is 9.89. The van der Waals surface area contributed by atoms with Crippen molar-refractivity contribution in [3.05, 3.63) is 0 Å². The molecule has 1 saturated carbocycles. The molecule has 0 saturated heterocycles. The van der Waals surface area contributed by atoms with E-state index in [0.717, 1.165) is 12.3 Å². The summed E-state index contributed by atoms with van der Waals surface area (Å²) in [7, 11) is 0. The molecule has 0 N–H and O–H groups in total. The van der Waals surface area contributed by atoms with Gasteiger partial charge in [-0.15, -0.1) is 0 Å². The Morgan fingerprint density at radius 1 is 1.15 bits per heavy atom. The van der Waals surface area contributed by atoms with Crippen molar-refractivity contribution < 1.29 is 9.53 Å². The van der Waals surface area contributed by atoms with Crippen LogP contribution in [0.15, 0.2) is 0 Å². The van der Waals surface area contributed by atoms with Crippen molar-refractivity contribution in [2.75, 3.05) is 6.61 Å². The Labute approximate surface area is 80.7 Å². The molecule has 0 aromatic rings. The third-order valence-electron chi connectivity index (χ3n) is 2.92. The SMILES string of the molecule is O=COCCCC1CCCCCC1. The highest BCUT2D eigenvalue weighted by Gasteiger charge is 2.11. The Hall–Kier alpha value is -0.530. The van der Waals surface area contributed by atoms with E-state index in [9.17, 15) is 4.79 Å². The van der Waals surface area contributed by atoms with E-state index in [4.69, 9.17) is 0 Å². The molecule has 0 bridgehead atoms. The molecule has 0 amide bonds. The van der Waals surface area contributed by atoms with Crippen LogP contribution in [0.3, 0.4) is 0 Å². The van der Waals surface area contributed by atoms with Gasteiger partial charge in [-0.1, -0.05) is 38.5 Å². The number of hydrogen-bond acceptors (Lipinski definition) is 2. The van der Waals surface area contributed by atoms with Gasteiger partial charge in [0.25, 0.3) is 6.47 Å². The van der Waals surface area contributed by atoms with Gasteiger partial charge < -0.3 is 4.74 Å². The van der Waals surface area contributed by atoms with Crippen LogP contribution in [0.1, 0.15) is 51.4 Å². The molecule has 0 aromatic carbocycles. The molecule has 1 aliphatic carbocycles. The quantitative estimate of drug-likeness (QED) is 0.373. The Bertz CT molecular complexity index is 126. The number of ether oxygens (including phenoxy) is 1. The molecule has 0 spiro atoms. The highest BCUT2D eigenvalue weighted by molar-refractivity contribution is 5.36. The summed E-state index contributed by atoms with van der Waals surface area (Å²) in [4.78, 5) is 9.89. The fraction of sp³-hybridized carbons (Fsp3) is 0.909. The number of rotatable bonds is 5. The van der Waals surface area contributed by atoms with Gasteiger partial charge in [0, 0.05) is 0 Å². The molecule has 0 unspecified atom stereocenters. The molecule has 2 heteroatoms. The average Bonchev–Trinajstić information content (AvgIpc) is 2.41. The van der Waals surface area contributed by atoms with E-state index in [2.05, 4.69) is 4.74 Å². The second-order valence-electron chi connectivity index (χ2n) is 3.97. The fourth-order valence-corrected chi connectivity index (χ4v) is 2.16. The molecule has 0 heterocycles. The molecule has 1 rings (SSSR count). The highest BCUT2D eigenvalue weighted by Crippen LogP contribution is 2.26. The molecule has 0 atom stereocenters. The van der Waals surface area contributed by atoms with Crippen LogP contribution in [0, 0.1) is 5.92 Å². The highest BCUT2D eigenvalue weighted by atomic mass is 16.5. The Kier molecular flexibility index (Phi) is 5.62. The van der Waals surface area contributed by atoms with Gasteiger partial charge in [0.15, 0.2) is 0 Å². The summed E-state index contributed by atoms with van der Waals surface area (Å²) in [6.07, 6.45) is 10.7. The molecule has 13 heavy (non-hydrogen) atoms. The van der Waals surface area contributed by atoms with Crippen LogP contribution < -0.4 is 0 Å². The first-order valence-corrected chi connectivity index (χ1v) is 5.48. The molecule has 0 aliphatic heterocycles. The van der Waals surface area contributed by atoms with Gasteiger partial charge >= 0.3 is 0 Å². The van der Waals surface area contributed by atoms with Crippen molar-refractivity contribution in [2.45, 2.75) is 51.4 Å². The number of carbonyl (C=O) groups excluding carboxylic acids is 1. The van der Waals surface area contributed by atoms with Crippen molar-refractivity contribution in [1.82, 2.24) is 0 Å². The second-order valence-corrected chi connectivity index (χ2v) is 3.97. The minimum Gasteiger partial charge on any atom is -0.468 e. The van der Waals surface area contributed by atoms with Crippen LogP contribution in [0.5, 0.6) is 0 Å². The van der Waals surface area contributed by atoms with Gasteiger partial charge in [-0.05, 0) is 18.8 Å². The van der Waals surface area contributed by atoms with Crippen molar-refractivity contribution in [3.8, 4) is 0 Å². The van der Waals surface area contributed by atoms with Crippen LogP contribution in [0.4, 0.5) is 0 Å². The smallest absolute Gasteiger partial charge is 0.293 e. The van der Waals surface area contributed by atoms with Crippen molar-refractivity contribution in [1.29, 1.82) is 0 Å². The molecule has 0 radical (unpaired) electrons. The minimum absolute atomic E-state index is 0.549. The zero-order chi connectivity index (χ0) is 9.36. The van der Waals surface area contributed by atoms with Crippen LogP contribution in [0.25, 0.3) is 0 Å². The second kappa shape index (κ2) is 6.93. The third kappa shape index (κ3) is 4.91. The monoisotopic (exact) mass is 184 g/mol. The van der Waals surface area contributed by atoms with Gasteiger partial charge in [-0.2, -0.15) is 0 Å². The van der Waals surface area contributed by atoms with Gasteiger partial charge in [-0.25, -0.2) is 0 Å². The average molecular weight is 184 g/mol. The Morgan fingerprint density at radius 2 is 1.85 bits per heavy atom. The zero-order valence-electron chi connectivity index (χ0n) is 8.34. The molecular formula is C11H20O2. The van der Waals surface area contributed by atoms with E-state index in [0.29, 0.717) is 13.1 Å². The topological polar surface area (TPSA) is 26.3 Å². The maximum absolute atomic E-state index is 9.89. The zero-order valence-corrected chi connectivity index (χ0v) is 8.34. The number of hydrogen-bond donors (Lipinski definition) is 0. The molecule has 1 fully saturated rings. The van der Waals surface area contributed by atoms with E-state index in [1.807, 2.05) is 0 Å². The molecular weight excluding hydrogens is 164 g/mol. The van der Waals surface area contributed by atoms with Crippen molar-refractivity contribution in [2.24, 2.45) is 5.92 Å². The van der Waals surface area contributed by atoms with Crippen molar-refractivity contribution in [3.63, 3.8) is 0 Å². The Balaban J connectivity index is 2.01. The lowest BCUT2D eigenvalue weighted by Crippen LogP contribution is -2.01. The Morgan fingerprint density at radius 3 is 2.46 bits per heavy atom. The summed E-state index contributed by atoms with van der Waals surface area (Å²) in [5.41, 5.74) is 0. The van der Waals surface area contributed by atoms with Gasteiger partial charge in [0.2, 0.25) is 0 Å². The first kappa shape index (κ1) is 10.6. The fourth-order valence-electron chi connectivity index (χ4n) is 2.16. The molecule has 76 valence electrons. The lowest BCUT2D eigenvalue weighted by atomic mass is 9.95. The normalized spacial score (nSPS) is 19.4. The van der Waals surface area contributed by atoms with Gasteiger partial charge in [0.1, 0.15) is 0 Å². The lowest BCUT2D eigenvalue weighted by molar-refractivity contribution is -0.128. The first-order valence-electron chi connectivity index (χ1n) is 5.48. The van der Waals surface area contributed by atoms with E-state index >= 15 is 0 Å². The third-order valence-corrected chi connectivity index (χ3v) is 2.92. The molecule has 1 aliphatic rings. The van der Waals surface area contributed by atoms with Crippen molar-refractivity contribution >= 4 is 6.47 Å². The van der Waals surface area contributed by atoms with E-state index in [-0.39, 0.29) is 0 Å². The van der Waals surface area contributed by atoms with E-state index in [1.165, 1.54) is 44.9 Å². The summed E-state index contributed by atoms with van der Waals surface area (Å²) in [5.74, 6) is 0.901. The predicted molar refractivity (Wildman–Crippen MR) is 52.4 cm³/mol. The van der Waals surface area contributed by atoms with Crippen LogP contribution >= 0.6 is 0 Å². The molecule has 2 nitrogen and oxygen atoms in total. The summed E-state index contributed by atoms with van der Waals surface area (Å²) in [6, 6.07) is 0. The van der Waals surface area contributed by atoms with Gasteiger partial charge in [-0.3, -0.25) is 4.79 Å². The van der Waals surface area contributed by atoms with E-state index in [1.54, 1.807) is 0 Å². The van der Waals surface area contributed by atoms with Crippen LogP contribution in [-0.2, 0) is 9.53 Å². The summed E-state index contributed by atoms with van der Waals surface area (Å²) < 4.78 is 4.68. The standard InChI is InChI=1S/C11H20O2/c12-10-13-9-5-8-11-6-3-1-2-4-7-11/h10-11H,1-9H2. The minimum atomic E-state index is 0.549. The largest absolute Gasteiger partial charge is 0.468 e. The lowest BCUT2D eigenvalue weighted by Gasteiger charge is -2.12.